The first-order chi connectivity index (χ1) is 6.00. The van der Waals surface area contributed by atoms with Gasteiger partial charge < -0.3 is 0 Å². The van der Waals surface area contributed by atoms with Crippen LogP contribution in [0.1, 0.15) is 5.56 Å². The predicted molar refractivity (Wildman–Crippen MR) is 57.2 cm³/mol. The average Bonchev–Trinajstić information content (AvgIpc) is 1.96. The van der Waals surface area contributed by atoms with Crippen molar-refractivity contribution in [2.75, 3.05) is 5.43 Å². The molecule has 1 N–H and O–H groups in total. The van der Waals surface area contributed by atoms with E-state index in [1.54, 1.807) is 19.1 Å². The van der Waals surface area contributed by atoms with Crippen molar-refractivity contribution >= 4 is 37.5 Å². The topological polar surface area (TPSA) is 55.2 Å². The van der Waals surface area contributed by atoms with E-state index in [1.807, 2.05) is 0 Å². The first-order valence-corrected chi connectivity index (χ1v) is 4.96. The van der Waals surface area contributed by atoms with Gasteiger partial charge in [0.05, 0.1) is 0 Å². The van der Waals surface area contributed by atoms with Crippen molar-refractivity contribution in [1.29, 1.82) is 0 Å². The number of hydrogen-bond donors (Lipinski definition) is 1. The lowest BCUT2D eigenvalue weighted by Crippen LogP contribution is -2.09. The van der Waals surface area contributed by atoms with E-state index < -0.39 is 5.03 Å². The molecule has 0 fully saturated rings. The van der Waals surface area contributed by atoms with E-state index in [0.717, 1.165) is 10.0 Å². The number of nitro groups is 1. The lowest BCUT2D eigenvalue weighted by atomic mass is 10.2. The highest BCUT2D eigenvalue weighted by molar-refractivity contribution is 9.11. The summed E-state index contributed by atoms with van der Waals surface area (Å²) in [6, 6.07) is 3.55. The Morgan fingerprint density at radius 3 is 2.54 bits per heavy atom. The molecule has 0 atom stereocenters. The van der Waals surface area contributed by atoms with Gasteiger partial charge in [0.15, 0.2) is 5.03 Å². The molecular weight excluding hydrogens is 304 g/mol. The molecule has 1 aromatic rings. The molecule has 0 saturated heterocycles. The number of benzene rings is 1. The minimum absolute atomic E-state index is 0.480. The molecule has 0 amide bonds. The number of anilines is 1. The molecule has 1 aromatic carbocycles. The summed E-state index contributed by atoms with van der Waals surface area (Å²) in [5.74, 6) is 0. The number of hydrogen-bond acceptors (Lipinski definition) is 2. The third kappa shape index (κ3) is 2.67. The summed E-state index contributed by atoms with van der Waals surface area (Å²) in [5.41, 5.74) is 3.41. The Bertz CT molecular complexity index is 331. The van der Waals surface area contributed by atoms with Gasteiger partial charge in [0, 0.05) is 8.95 Å². The smallest absolute Gasteiger partial charge is 0.162 e. The van der Waals surface area contributed by atoms with Crippen molar-refractivity contribution in [3.8, 4) is 0 Å². The van der Waals surface area contributed by atoms with E-state index in [1.165, 1.54) is 0 Å². The zero-order valence-electron chi connectivity index (χ0n) is 6.67. The quantitative estimate of drug-likeness (QED) is 0.674. The van der Waals surface area contributed by atoms with Gasteiger partial charge >= 0.3 is 0 Å². The van der Waals surface area contributed by atoms with E-state index in [2.05, 4.69) is 37.3 Å². The molecule has 4 nitrogen and oxygen atoms in total. The molecule has 0 heterocycles. The van der Waals surface area contributed by atoms with Crippen molar-refractivity contribution in [2.45, 2.75) is 6.92 Å². The van der Waals surface area contributed by atoms with Gasteiger partial charge in [-0.3, -0.25) is 0 Å². The van der Waals surface area contributed by atoms with Crippen LogP contribution >= 0.6 is 31.9 Å². The number of nitrogens with zero attached hydrogens (tertiary/aromatic N) is 1. The van der Waals surface area contributed by atoms with E-state index in [9.17, 15) is 10.1 Å². The molecule has 0 aliphatic carbocycles. The maximum Gasteiger partial charge on any atom is 0.162 e. The standard InChI is InChI=1S/C7H6Br2N2O2/c1-4-2-5(8)3-6(9)7(4)10-11(12)13/h2-3,10H,1H3. The minimum Gasteiger partial charge on any atom is -0.235 e. The zero-order chi connectivity index (χ0) is 10.0. The van der Waals surface area contributed by atoms with Gasteiger partial charge in [0.2, 0.25) is 0 Å². The molecule has 0 aromatic heterocycles. The van der Waals surface area contributed by atoms with Crippen LogP contribution in [-0.4, -0.2) is 5.03 Å². The number of aryl methyl sites for hydroxylation is 1. The Kier molecular flexibility index (Phi) is 3.27. The van der Waals surface area contributed by atoms with Crippen LogP contribution in [0.3, 0.4) is 0 Å². The second-order valence-corrected chi connectivity index (χ2v) is 4.22. The van der Waals surface area contributed by atoms with Crippen molar-refractivity contribution < 1.29 is 5.03 Å². The number of halogens is 2. The molecule has 6 heteroatoms. The van der Waals surface area contributed by atoms with Crippen LogP contribution < -0.4 is 5.43 Å². The molecule has 0 unspecified atom stereocenters. The maximum absolute atomic E-state index is 10.2. The summed E-state index contributed by atoms with van der Waals surface area (Å²) in [6.45, 7) is 1.79. The molecule has 13 heavy (non-hydrogen) atoms. The fourth-order valence-corrected chi connectivity index (χ4v) is 2.46. The Morgan fingerprint density at radius 1 is 1.46 bits per heavy atom. The monoisotopic (exact) mass is 308 g/mol. The largest absolute Gasteiger partial charge is 0.235 e. The highest BCUT2D eigenvalue weighted by Crippen LogP contribution is 2.29. The van der Waals surface area contributed by atoms with Crippen LogP contribution in [0.15, 0.2) is 21.1 Å². The molecule has 0 bridgehead atoms. The molecule has 1 rings (SSSR count). The van der Waals surface area contributed by atoms with E-state index in [4.69, 9.17) is 0 Å². The summed E-state index contributed by atoms with van der Waals surface area (Å²) in [5, 5.41) is 9.64. The summed E-state index contributed by atoms with van der Waals surface area (Å²) in [6.07, 6.45) is 0. The Morgan fingerprint density at radius 2 is 2.08 bits per heavy atom. The second-order valence-electron chi connectivity index (χ2n) is 2.45. The van der Waals surface area contributed by atoms with Crippen LogP contribution in [0.25, 0.3) is 0 Å². The van der Waals surface area contributed by atoms with Gasteiger partial charge in [-0.2, -0.15) is 0 Å². The lowest BCUT2D eigenvalue weighted by Gasteiger charge is -2.05. The maximum atomic E-state index is 10.2. The third-order valence-corrected chi connectivity index (χ3v) is 2.54. The fourth-order valence-electron chi connectivity index (χ4n) is 0.935. The fraction of sp³-hybridized carbons (Fsp3) is 0.143. The number of hydrazine groups is 1. The first-order valence-electron chi connectivity index (χ1n) is 3.37. The Hall–Kier alpha value is -0.620. The molecule has 0 aliphatic heterocycles. The van der Waals surface area contributed by atoms with Crippen molar-refractivity contribution in [2.24, 2.45) is 0 Å². The van der Waals surface area contributed by atoms with Crippen LogP contribution in [0.4, 0.5) is 5.69 Å². The van der Waals surface area contributed by atoms with Crippen LogP contribution in [0, 0.1) is 17.0 Å². The van der Waals surface area contributed by atoms with Crippen molar-refractivity contribution in [3.05, 3.63) is 36.8 Å². The lowest BCUT2D eigenvalue weighted by molar-refractivity contribution is -0.445. The number of rotatable bonds is 2. The SMILES string of the molecule is Cc1cc(Br)cc(Br)c1N[N+](=O)[O-]. The summed E-state index contributed by atoms with van der Waals surface area (Å²) >= 11 is 6.52. The highest BCUT2D eigenvalue weighted by atomic mass is 79.9. The molecule has 0 saturated carbocycles. The molecule has 0 radical (unpaired) electrons. The zero-order valence-corrected chi connectivity index (χ0v) is 9.85. The molecule has 70 valence electrons. The second kappa shape index (κ2) is 4.06. The van der Waals surface area contributed by atoms with E-state index in [-0.39, 0.29) is 0 Å². The Labute approximate surface area is 91.7 Å². The normalized spacial score (nSPS) is 9.77. The van der Waals surface area contributed by atoms with E-state index in [0.29, 0.717) is 10.2 Å². The molecule has 0 aliphatic rings. The van der Waals surface area contributed by atoms with Gasteiger partial charge in [-0.25, -0.2) is 10.1 Å². The molecule has 0 spiro atoms. The molecular formula is C7H6Br2N2O2. The summed E-state index contributed by atoms with van der Waals surface area (Å²) < 4.78 is 1.54. The summed E-state index contributed by atoms with van der Waals surface area (Å²) in [7, 11) is 0. The minimum atomic E-state index is -0.582. The van der Waals surface area contributed by atoms with Gasteiger partial charge in [0.1, 0.15) is 5.69 Å². The third-order valence-electron chi connectivity index (χ3n) is 1.46. The van der Waals surface area contributed by atoms with Crippen LogP contribution in [0.5, 0.6) is 0 Å². The predicted octanol–water partition coefficient (Wildman–Crippen LogP) is 3.12. The van der Waals surface area contributed by atoms with Crippen LogP contribution in [-0.2, 0) is 0 Å². The van der Waals surface area contributed by atoms with E-state index >= 15 is 0 Å². The Balaban J connectivity index is 3.13. The van der Waals surface area contributed by atoms with Gasteiger partial charge in [0.25, 0.3) is 0 Å². The number of nitrogens with one attached hydrogen (secondary N) is 1. The highest BCUT2D eigenvalue weighted by Gasteiger charge is 2.09. The van der Waals surface area contributed by atoms with Crippen molar-refractivity contribution in [3.63, 3.8) is 0 Å². The van der Waals surface area contributed by atoms with Crippen LogP contribution in [0.2, 0.25) is 0 Å². The van der Waals surface area contributed by atoms with Gasteiger partial charge in [-0.1, -0.05) is 15.9 Å². The van der Waals surface area contributed by atoms with Crippen molar-refractivity contribution in [1.82, 2.24) is 0 Å². The van der Waals surface area contributed by atoms with Gasteiger partial charge in [-0.15, -0.1) is 5.43 Å². The van der Waals surface area contributed by atoms with Gasteiger partial charge in [-0.05, 0) is 40.5 Å². The average molecular weight is 310 g/mol. The summed E-state index contributed by atoms with van der Waals surface area (Å²) in [4.78, 5) is 10.2. The first kappa shape index (κ1) is 10.5.